The van der Waals surface area contributed by atoms with Crippen LogP contribution >= 0.6 is 0 Å². The van der Waals surface area contributed by atoms with Crippen molar-refractivity contribution in [3.63, 3.8) is 0 Å². The van der Waals surface area contributed by atoms with Crippen molar-refractivity contribution >= 4 is 5.69 Å². The highest BCUT2D eigenvalue weighted by Gasteiger charge is 2.05. The van der Waals surface area contributed by atoms with Gasteiger partial charge in [-0.2, -0.15) is 0 Å². The molecule has 0 aliphatic rings. The molecule has 3 N–H and O–H groups in total. The van der Waals surface area contributed by atoms with Crippen molar-refractivity contribution in [2.45, 2.75) is 13.3 Å². The first-order chi connectivity index (χ1) is 5.69. The Bertz CT molecular complexity index is 255. The molecule has 0 atom stereocenters. The van der Waals surface area contributed by atoms with E-state index in [4.69, 9.17) is 10.5 Å². The fraction of sp³-hybridized carbons (Fsp3) is 0.333. The Labute approximate surface area is 71.8 Å². The summed E-state index contributed by atoms with van der Waals surface area (Å²) in [7, 11) is 1.57. The molecule has 12 heavy (non-hydrogen) atoms. The summed E-state index contributed by atoms with van der Waals surface area (Å²) >= 11 is 0. The van der Waals surface area contributed by atoms with Gasteiger partial charge in [-0.1, -0.05) is 6.92 Å². The van der Waals surface area contributed by atoms with Gasteiger partial charge in [0, 0.05) is 6.07 Å². The Balaban J connectivity index is 3.19. The van der Waals surface area contributed by atoms with Crippen LogP contribution in [0.15, 0.2) is 12.1 Å². The maximum absolute atomic E-state index is 9.25. The number of anilines is 1. The zero-order valence-electron chi connectivity index (χ0n) is 7.29. The molecule has 3 nitrogen and oxygen atoms in total. The van der Waals surface area contributed by atoms with E-state index in [-0.39, 0.29) is 5.75 Å². The minimum Gasteiger partial charge on any atom is -0.506 e. The van der Waals surface area contributed by atoms with Gasteiger partial charge in [0.1, 0.15) is 11.5 Å². The second-order valence-electron chi connectivity index (χ2n) is 2.58. The van der Waals surface area contributed by atoms with Crippen LogP contribution in [0.3, 0.4) is 0 Å². The lowest BCUT2D eigenvalue weighted by Crippen LogP contribution is -1.93. The number of hydrogen-bond donors (Lipinski definition) is 2. The largest absolute Gasteiger partial charge is 0.506 e. The van der Waals surface area contributed by atoms with Crippen molar-refractivity contribution in [2.75, 3.05) is 12.8 Å². The van der Waals surface area contributed by atoms with Crippen molar-refractivity contribution in [3.05, 3.63) is 17.7 Å². The summed E-state index contributed by atoms with van der Waals surface area (Å²) in [6, 6.07) is 3.27. The van der Waals surface area contributed by atoms with Gasteiger partial charge < -0.3 is 15.6 Å². The number of benzene rings is 1. The normalized spacial score (nSPS) is 9.83. The molecule has 0 saturated carbocycles. The molecule has 0 spiro atoms. The van der Waals surface area contributed by atoms with Crippen molar-refractivity contribution in [1.82, 2.24) is 0 Å². The molecule has 3 heteroatoms. The second-order valence-corrected chi connectivity index (χ2v) is 2.58. The van der Waals surface area contributed by atoms with Gasteiger partial charge in [0.15, 0.2) is 0 Å². The Morgan fingerprint density at radius 1 is 1.50 bits per heavy atom. The van der Waals surface area contributed by atoms with Crippen LogP contribution in [-0.4, -0.2) is 12.2 Å². The first kappa shape index (κ1) is 8.71. The van der Waals surface area contributed by atoms with Gasteiger partial charge in [-0.25, -0.2) is 0 Å². The average Bonchev–Trinajstić information content (AvgIpc) is 2.09. The van der Waals surface area contributed by atoms with E-state index in [2.05, 4.69) is 0 Å². The quantitative estimate of drug-likeness (QED) is 0.519. The maximum atomic E-state index is 9.25. The summed E-state index contributed by atoms with van der Waals surface area (Å²) in [4.78, 5) is 0. The van der Waals surface area contributed by atoms with Crippen LogP contribution in [0.4, 0.5) is 5.69 Å². The molecule has 0 aliphatic carbocycles. The zero-order chi connectivity index (χ0) is 9.14. The summed E-state index contributed by atoms with van der Waals surface area (Å²) in [6.07, 6.45) is 0.841. The number of rotatable bonds is 2. The average molecular weight is 167 g/mol. The van der Waals surface area contributed by atoms with E-state index in [0.29, 0.717) is 11.4 Å². The van der Waals surface area contributed by atoms with Gasteiger partial charge in [-0.15, -0.1) is 0 Å². The van der Waals surface area contributed by atoms with Crippen LogP contribution in [0.1, 0.15) is 12.5 Å². The molecule has 66 valence electrons. The Hall–Kier alpha value is -1.38. The number of nitrogens with two attached hydrogens (primary N) is 1. The fourth-order valence-corrected chi connectivity index (χ4v) is 1.10. The Morgan fingerprint density at radius 3 is 2.67 bits per heavy atom. The van der Waals surface area contributed by atoms with E-state index in [1.54, 1.807) is 13.2 Å². The summed E-state index contributed by atoms with van der Waals surface area (Å²) in [5, 5.41) is 9.25. The number of aromatic hydroxyl groups is 1. The van der Waals surface area contributed by atoms with E-state index >= 15 is 0 Å². The van der Waals surface area contributed by atoms with Gasteiger partial charge in [-0.3, -0.25) is 0 Å². The molecule has 0 heterocycles. The van der Waals surface area contributed by atoms with E-state index < -0.39 is 0 Å². The number of hydrogen-bond acceptors (Lipinski definition) is 3. The topological polar surface area (TPSA) is 55.5 Å². The van der Waals surface area contributed by atoms with Crippen molar-refractivity contribution < 1.29 is 9.84 Å². The van der Waals surface area contributed by atoms with Crippen molar-refractivity contribution in [2.24, 2.45) is 0 Å². The number of ether oxygens (including phenoxy) is 1. The van der Waals surface area contributed by atoms with Gasteiger partial charge in [0.2, 0.25) is 0 Å². The first-order valence-electron chi connectivity index (χ1n) is 3.84. The number of phenolic OH excluding ortho intramolecular Hbond substituents is 1. The predicted octanol–water partition coefficient (Wildman–Crippen LogP) is 1.55. The molecule has 1 aromatic rings. The molecule has 0 amide bonds. The fourth-order valence-electron chi connectivity index (χ4n) is 1.10. The lowest BCUT2D eigenvalue weighted by Gasteiger charge is -2.08. The van der Waals surface area contributed by atoms with Crippen LogP contribution in [0, 0.1) is 0 Å². The third-order valence-corrected chi connectivity index (χ3v) is 1.81. The van der Waals surface area contributed by atoms with E-state index in [1.807, 2.05) is 6.92 Å². The zero-order valence-corrected chi connectivity index (χ0v) is 7.29. The van der Waals surface area contributed by atoms with Crippen LogP contribution in [0.2, 0.25) is 0 Å². The maximum Gasteiger partial charge on any atom is 0.142 e. The van der Waals surface area contributed by atoms with Crippen molar-refractivity contribution in [1.29, 1.82) is 0 Å². The summed E-state index contributed by atoms with van der Waals surface area (Å²) in [6.45, 7) is 2.01. The molecule has 0 aromatic heterocycles. The van der Waals surface area contributed by atoms with Gasteiger partial charge in [-0.05, 0) is 18.1 Å². The van der Waals surface area contributed by atoms with Crippen LogP contribution < -0.4 is 10.5 Å². The second kappa shape index (κ2) is 3.34. The lowest BCUT2D eigenvalue weighted by atomic mass is 10.1. The number of methoxy groups -OCH3 is 1. The van der Waals surface area contributed by atoms with Gasteiger partial charge >= 0.3 is 0 Å². The molecule has 1 rings (SSSR count). The molecule has 0 bridgehead atoms. The predicted molar refractivity (Wildman–Crippen MR) is 48.4 cm³/mol. The number of nitrogen functional groups attached to an aromatic ring is 1. The third kappa shape index (κ3) is 1.44. The van der Waals surface area contributed by atoms with Gasteiger partial charge in [0.25, 0.3) is 0 Å². The smallest absolute Gasteiger partial charge is 0.142 e. The highest BCUT2D eigenvalue weighted by molar-refractivity contribution is 5.58. The molecule has 0 aliphatic heterocycles. The molecule has 0 radical (unpaired) electrons. The molecule has 0 saturated heterocycles. The van der Waals surface area contributed by atoms with E-state index in [9.17, 15) is 5.11 Å². The minimum atomic E-state index is 0.0732. The van der Waals surface area contributed by atoms with Crippen LogP contribution in [0.25, 0.3) is 0 Å². The Kier molecular flexibility index (Phi) is 2.43. The lowest BCUT2D eigenvalue weighted by molar-refractivity contribution is 0.403. The molecule has 1 aromatic carbocycles. The summed E-state index contributed by atoms with van der Waals surface area (Å²) in [5.41, 5.74) is 6.92. The van der Waals surface area contributed by atoms with E-state index in [1.165, 1.54) is 6.07 Å². The van der Waals surface area contributed by atoms with Gasteiger partial charge in [0.05, 0.1) is 12.8 Å². The monoisotopic (exact) mass is 167 g/mol. The Morgan fingerprint density at radius 2 is 2.17 bits per heavy atom. The minimum absolute atomic E-state index is 0.0732. The van der Waals surface area contributed by atoms with E-state index in [0.717, 1.165) is 12.0 Å². The van der Waals surface area contributed by atoms with Crippen LogP contribution in [-0.2, 0) is 6.42 Å². The molecular formula is C9H13NO2. The first-order valence-corrected chi connectivity index (χ1v) is 3.84. The number of aryl methyl sites for hydroxylation is 1. The third-order valence-electron chi connectivity index (χ3n) is 1.81. The molecule has 0 fully saturated rings. The van der Waals surface area contributed by atoms with Crippen LogP contribution in [0.5, 0.6) is 11.5 Å². The SMILES string of the molecule is CCc1cc(N)c(O)cc1OC. The highest BCUT2D eigenvalue weighted by atomic mass is 16.5. The van der Waals surface area contributed by atoms with Crippen molar-refractivity contribution in [3.8, 4) is 11.5 Å². The standard InChI is InChI=1S/C9H13NO2/c1-3-6-4-7(10)8(11)5-9(6)12-2/h4-5,11H,3,10H2,1-2H3. The number of phenols is 1. The molecular weight excluding hydrogens is 154 g/mol. The highest BCUT2D eigenvalue weighted by Crippen LogP contribution is 2.29. The molecule has 0 unspecified atom stereocenters. The summed E-state index contributed by atoms with van der Waals surface area (Å²) in [5.74, 6) is 0.758. The summed E-state index contributed by atoms with van der Waals surface area (Å²) < 4.78 is 5.06.